The first-order chi connectivity index (χ1) is 5.06. The fourth-order valence-electron chi connectivity index (χ4n) is 0.756. The Morgan fingerprint density at radius 2 is 2.18 bits per heavy atom. The Morgan fingerprint density at radius 3 is 2.55 bits per heavy atom. The van der Waals surface area contributed by atoms with Gasteiger partial charge in [0.25, 0.3) is 0 Å². The normalized spacial score (nSPS) is 11.9. The summed E-state index contributed by atoms with van der Waals surface area (Å²) in [5.41, 5.74) is 1.77. The molecular weight excluding hydrogens is 138 g/mol. The smallest absolute Gasteiger partial charge is 0.0642 e. The molecule has 0 amide bonds. The summed E-state index contributed by atoms with van der Waals surface area (Å²) in [6, 6.07) is 0.394. The van der Waals surface area contributed by atoms with Gasteiger partial charge in [0.15, 0.2) is 0 Å². The van der Waals surface area contributed by atoms with E-state index in [2.05, 4.69) is 11.9 Å². The van der Waals surface area contributed by atoms with E-state index in [9.17, 15) is 0 Å². The van der Waals surface area contributed by atoms with Gasteiger partial charge in [-0.05, 0) is 32.4 Å². The van der Waals surface area contributed by atoms with Crippen molar-refractivity contribution in [3.8, 4) is 0 Å². The zero-order valence-corrected chi connectivity index (χ0v) is 7.52. The molecule has 0 bridgehead atoms. The van der Waals surface area contributed by atoms with Crippen LogP contribution in [0.5, 0.6) is 0 Å². The van der Waals surface area contributed by atoms with Gasteiger partial charge in [0.05, 0.1) is 6.61 Å². The summed E-state index contributed by atoms with van der Waals surface area (Å²) in [5.74, 6) is 0. The summed E-state index contributed by atoms with van der Waals surface area (Å²) >= 11 is 0. The van der Waals surface area contributed by atoms with Crippen molar-refractivity contribution in [2.75, 3.05) is 6.61 Å². The standard InChI is InChI=1S/C9H17NO/c1-7(2)10-9(4)5-8(3)6-11/h5,7,10-11H,4,6H2,1-3H3/b8-5+. The van der Waals surface area contributed by atoms with Gasteiger partial charge >= 0.3 is 0 Å². The van der Waals surface area contributed by atoms with Gasteiger partial charge in [0.2, 0.25) is 0 Å². The fraction of sp³-hybridized carbons (Fsp3) is 0.556. The number of rotatable bonds is 4. The van der Waals surface area contributed by atoms with E-state index in [1.807, 2.05) is 26.8 Å². The van der Waals surface area contributed by atoms with E-state index in [0.717, 1.165) is 11.3 Å². The van der Waals surface area contributed by atoms with Crippen LogP contribution in [0.25, 0.3) is 0 Å². The Bertz CT molecular complexity index is 159. The lowest BCUT2D eigenvalue weighted by molar-refractivity contribution is 0.331. The zero-order chi connectivity index (χ0) is 8.85. The number of hydrogen-bond acceptors (Lipinski definition) is 2. The molecule has 11 heavy (non-hydrogen) atoms. The maximum Gasteiger partial charge on any atom is 0.0642 e. The van der Waals surface area contributed by atoms with Crippen LogP contribution in [0.4, 0.5) is 0 Å². The predicted octanol–water partition coefficient (Wildman–Crippen LogP) is 1.44. The van der Waals surface area contributed by atoms with Crippen molar-refractivity contribution in [1.82, 2.24) is 5.32 Å². The van der Waals surface area contributed by atoms with Crippen LogP contribution in [0.3, 0.4) is 0 Å². The fourth-order valence-corrected chi connectivity index (χ4v) is 0.756. The first kappa shape index (κ1) is 10.2. The van der Waals surface area contributed by atoms with E-state index in [1.54, 1.807) is 0 Å². The first-order valence-electron chi connectivity index (χ1n) is 3.79. The van der Waals surface area contributed by atoms with Crippen molar-refractivity contribution in [2.45, 2.75) is 26.8 Å². The SMILES string of the molecule is C=C(/C=C(\C)CO)NC(C)C. The maximum atomic E-state index is 8.68. The van der Waals surface area contributed by atoms with Crippen molar-refractivity contribution in [3.63, 3.8) is 0 Å². The molecule has 0 saturated heterocycles. The van der Waals surface area contributed by atoms with E-state index in [0.29, 0.717) is 6.04 Å². The molecule has 2 nitrogen and oxygen atoms in total. The van der Waals surface area contributed by atoms with E-state index in [1.165, 1.54) is 0 Å². The highest BCUT2D eigenvalue weighted by Gasteiger charge is 1.92. The largest absolute Gasteiger partial charge is 0.392 e. The summed E-state index contributed by atoms with van der Waals surface area (Å²) in [4.78, 5) is 0. The molecular formula is C9H17NO. The molecule has 2 heteroatoms. The third kappa shape index (κ3) is 5.67. The molecule has 0 spiro atoms. The van der Waals surface area contributed by atoms with Crippen LogP contribution in [0.2, 0.25) is 0 Å². The molecule has 0 heterocycles. The summed E-state index contributed by atoms with van der Waals surface area (Å²) in [7, 11) is 0. The Hall–Kier alpha value is -0.760. The highest BCUT2D eigenvalue weighted by atomic mass is 16.3. The quantitative estimate of drug-likeness (QED) is 0.602. The topological polar surface area (TPSA) is 32.3 Å². The van der Waals surface area contributed by atoms with Gasteiger partial charge in [-0.15, -0.1) is 0 Å². The highest BCUT2D eigenvalue weighted by Crippen LogP contribution is 1.96. The lowest BCUT2D eigenvalue weighted by Gasteiger charge is -2.09. The third-order valence-electron chi connectivity index (χ3n) is 1.14. The maximum absolute atomic E-state index is 8.68. The van der Waals surface area contributed by atoms with Crippen molar-refractivity contribution in [1.29, 1.82) is 0 Å². The van der Waals surface area contributed by atoms with Gasteiger partial charge in [0, 0.05) is 11.7 Å². The second kappa shape index (κ2) is 4.97. The van der Waals surface area contributed by atoms with Crippen LogP contribution in [0.1, 0.15) is 20.8 Å². The monoisotopic (exact) mass is 155 g/mol. The highest BCUT2D eigenvalue weighted by molar-refractivity contribution is 5.18. The molecule has 0 unspecified atom stereocenters. The first-order valence-corrected chi connectivity index (χ1v) is 3.79. The molecule has 0 saturated carbocycles. The van der Waals surface area contributed by atoms with Crippen LogP contribution in [-0.4, -0.2) is 17.8 Å². The average Bonchev–Trinajstić information content (AvgIpc) is 1.85. The van der Waals surface area contributed by atoms with Gasteiger partial charge in [-0.2, -0.15) is 0 Å². The van der Waals surface area contributed by atoms with Gasteiger partial charge in [-0.25, -0.2) is 0 Å². The summed E-state index contributed by atoms with van der Waals surface area (Å²) in [5, 5.41) is 11.8. The number of aliphatic hydroxyl groups is 1. The predicted molar refractivity (Wildman–Crippen MR) is 48.3 cm³/mol. The average molecular weight is 155 g/mol. The second-order valence-electron chi connectivity index (χ2n) is 2.97. The Balaban J connectivity index is 3.86. The molecule has 2 N–H and O–H groups in total. The molecule has 0 aliphatic carbocycles. The van der Waals surface area contributed by atoms with E-state index in [-0.39, 0.29) is 6.61 Å². The number of aliphatic hydroxyl groups excluding tert-OH is 1. The minimum absolute atomic E-state index is 0.0960. The Morgan fingerprint density at radius 1 is 1.64 bits per heavy atom. The third-order valence-corrected chi connectivity index (χ3v) is 1.14. The Labute approximate surface area is 68.6 Å². The van der Waals surface area contributed by atoms with E-state index >= 15 is 0 Å². The van der Waals surface area contributed by atoms with Crippen LogP contribution in [0.15, 0.2) is 23.9 Å². The second-order valence-corrected chi connectivity index (χ2v) is 2.97. The molecule has 0 aliphatic heterocycles. The summed E-state index contributed by atoms with van der Waals surface area (Å²) < 4.78 is 0. The molecule has 0 rings (SSSR count). The lowest BCUT2D eigenvalue weighted by atomic mass is 10.2. The van der Waals surface area contributed by atoms with Gasteiger partial charge in [-0.3, -0.25) is 0 Å². The molecule has 0 aromatic rings. The van der Waals surface area contributed by atoms with E-state index < -0.39 is 0 Å². The van der Waals surface area contributed by atoms with Crippen LogP contribution >= 0.6 is 0 Å². The minimum atomic E-state index is 0.0960. The van der Waals surface area contributed by atoms with Crippen molar-refractivity contribution < 1.29 is 5.11 Å². The van der Waals surface area contributed by atoms with Gasteiger partial charge in [0.1, 0.15) is 0 Å². The lowest BCUT2D eigenvalue weighted by Crippen LogP contribution is -2.20. The minimum Gasteiger partial charge on any atom is -0.392 e. The van der Waals surface area contributed by atoms with Crippen LogP contribution in [-0.2, 0) is 0 Å². The van der Waals surface area contributed by atoms with Crippen molar-refractivity contribution >= 4 is 0 Å². The zero-order valence-electron chi connectivity index (χ0n) is 7.52. The molecule has 64 valence electrons. The number of allylic oxidation sites excluding steroid dienone is 1. The Kier molecular flexibility index (Phi) is 4.62. The number of nitrogens with one attached hydrogen (secondary N) is 1. The molecule has 0 radical (unpaired) electrons. The van der Waals surface area contributed by atoms with Gasteiger partial charge in [-0.1, -0.05) is 6.58 Å². The number of hydrogen-bond donors (Lipinski definition) is 2. The molecule has 0 aromatic heterocycles. The molecule has 0 aromatic carbocycles. The molecule has 0 atom stereocenters. The van der Waals surface area contributed by atoms with Crippen molar-refractivity contribution in [3.05, 3.63) is 23.9 Å². The van der Waals surface area contributed by atoms with E-state index in [4.69, 9.17) is 5.11 Å². The molecule has 0 fully saturated rings. The van der Waals surface area contributed by atoms with Crippen LogP contribution in [0, 0.1) is 0 Å². The van der Waals surface area contributed by atoms with Crippen molar-refractivity contribution in [2.24, 2.45) is 0 Å². The van der Waals surface area contributed by atoms with Crippen LogP contribution < -0.4 is 5.32 Å². The molecule has 0 aliphatic rings. The summed E-state index contributed by atoms with van der Waals surface area (Å²) in [6.07, 6.45) is 1.85. The van der Waals surface area contributed by atoms with Gasteiger partial charge < -0.3 is 10.4 Å². The summed E-state index contributed by atoms with van der Waals surface area (Å²) in [6.45, 7) is 9.85.